The van der Waals surface area contributed by atoms with Crippen LogP contribution in [0.25, 0.3) is 0 Å². The van der Waals surface area contributed by atoms with Crippen molar-refractivity contribution in [2.75, 3.05) is 24.6 Å². The van der Waals surface area contributed by atoms with E-state index in [2.05, 4.69) is 48.9 Å². The first-order chi connectivity index (χ1) is 12.1. The van der Waals surface area contributed by atoms with Crippen LogP contribution in [0.3, 0.4) is 0 Å². The zero-order valence-electron chi connectivity index (χ0n) is 16.0. The Morgan fingerprint density at radius 1 is 1.08 bits per heavy atom. The van der Waals surface area contributed by atoms with Gasteiger partial charge in [-0.2, -0.15) is 0 Å². The molecule has 136 valence electrons. The molecule has 2 rings (SSSR count). The monoisotopic (exact) mass is 341 g/mol. The molecule has 2 aromatic rings. The van der Waals surface area contributed by atoms with Crippen LogP contribution in [-0.4, -0.2) is 29.7 Å². The van der Waals surface area contributed by atoms with Gasteiger partial charge in [0.05, 0.1) is 6.61 Å². The first kappa shape index (κ1) is 19.2. The molecule has 0 aromatic carbocycles. The topological polar surface area (TPSA) is 38.2 Å². The summed E-state index contributed by atoms with van der Waals surface area (Å²) in [5.74, 6) is 2.40. The maximum absolute atomic E-state index is 5.73. The van der Waals surface area contributed by atoms with Crippen molar-refractivity contribution in [3.8, 4) is 5.88 Å². The molecule has 0 bridgehead atoms. The van der Waals surface area contributed by atoms with Crippen LogP contribution < -0.4 is 9.64 Å². The van der Waals surface area contributed by atoms with E-state index in [1.165, 1.54) is 5.69 Å². The Bertz CT molecular complexity index is 623. The normalized spacial score (nSPS) is 12.0. The predicted molar refractivity (Wildman–Crippen MR) is 104 cm³/mol. The Morgan fingerprint density at radius 3 is 2.56 bits per heavy atom. The van der Waals surface area contributed by atoms with Gasteiger partial charge < -0.3 is 9.64 Å². The van der Waals surface area contributed by atoms with Crippen molar-refractivity contribution in [1.29, 1.82) is 0 Å². The summed E-state index contributed by atoms with van der Waals surface area (Å²) in [7, 11) is 0. The van der Waals surface area contributed by atoms with Crippen molar-refractivity contribution in [2.24, 2.45) is 5.92 Å². The van der Waals surface area contributed by atoms with Gasteiger partial charge in [-0.05, 0) is 63.6 Å². The Labute approximate surface area is 152 Å². The van der Waals surface area contributed by atoms with Crippen LogP contribution in [0.2, 0.25) is 0 Å². The highest BCUT2D eigenvalue weighted by Crippen LogP contribution is 2.16. The van der Waals surface area contributed by atoms with Crippen LogP contribution >= 0.6 is 0 Å². The molecule has 0 aliphatic rings. The number of hydrogen-bond acceptors (Lipinski definition) is 4. The number of aryl methyl sites for hydroxylation is 2. The molecule has 0 saturated carbocycles. The van der Waals surface area contributed by atoms with Crippen LogP contribution in [0.4, 0.5) is 5.82 Å². The molecule has 0 saturated heterocycles. The molecular formula is C21H31N3O. The average molecular weight is 341 g/mol. The molecule has 0 radical (unpaired) electrons. The maximum atomic E-state index is 5.73. The largest absolute Gasteiger partial charge is 0.478 e. The molecule has 2 aromatic heterocycles. The van der Waals surface area contributed by atoms with Crippen LogP contribution in [0.1, 0.15) is 44.9 Å². The SMILES string of the molecule is CCN(CC)c1cccc(CCC(C)CCOc2ccc(C)cn2)n1. The second kappa shape index (κ2) is 10.0. The lowest BCUT2D eigenvalue weighted by Crippen LogP contribution is -2.23. The van der Waals surface area contributed by atoms with Gasteiger partial charge in [-0.25, -0.2) is 9.97 Å². The number of nitrogens with zero attached hydrogens (tertiary/aromatic N) is 3. The summed E-state index contributed by atoms with van der Waals surface area (Å²) in [6, 6.07) is 10.3. The van der Waals surface area contributed by atoms with E-state index in [0.29, 0.717) is 18.4 Å². The molecule has 0 N–H and O–H groups in total. The fraction of sp³-hybridized carbons (Fsp3) is 0.524. The molecule has 25 heavy (non-hydrogen) atoms. The Hall–Kier alpha value is -2.10. The second-order valence-corrected chi connectivity index (χ2v) is 6.61. The van der Waals surface area contributed by atoms with E-state index in [1.807, 2.05) is 25.3 Å². The summed E-state index contributed by atoms with van der Waals surface area (Å²) in [4.78, 5) is 11.4. The third-order valence-electron chi connectivity index (χ3n) is 4.52. The zero-order valence-corrected chi connectivity index (χ0v) is 16.0. The van der Waals surface area contributed by atoms with Gasteiger partial charge >= 0.3 is 0 Å². The number of anilines is 1. The van der Waals surface area contributed by atoms with Crippen LogP contribution in [-0.2, 0) is 6.42 Å². The predicted octanol–water partition coefficient (Wildman–Crippen LogP) is 4.67. The van der Waals surface area contributed by atoms with Gasteiger partial charge in [0.25, 0.3) is 0 Å². The van der Waals surface area contributed by atoms with Crippen LogP contribution in [0.5, 0.6) is 5.88 Å². The van der Waals surface area contributed by atoms with Gasteiger partial charge in [0.15, 0.2) is 0 Å². The van der Waals surface area contributed by atoms with Crippen molar-refractivity contribution in [2.45, 2.75) is 47.0 Å². The standard InChI is InChI=1S/C21H31N3O/c1-5-24(6-2)20-9-7-8-19(23-20)12-10-17(3)14-15-25-21-13-11-18(4)16-22-21/h7-9,11,13,16-17H,5-6,10,12,14-15H2,1-4H3. The molecule has 0 fully saturated rings. The molecule has 4 heteroatoms. The minimum atomic E-state index is 0.601. The number of rotatable bonds is 10. The Balaban J connectivity index is 1.75. The molecule has 0 aliphatic carbocycles. The van der Waals surface area contributed by atoms with Gasteiger partial charge in [0.1, 0.15) is 5.82 Å². The maximum Gasteiger partial charge on any atom is 0.213 e. The first-order valence-electron chi connectivity index (χ1n) is 9.38. The first-order valence-corrected chi connectivity index (χ1v) is 9.38. The highest BCUT2D eigenvalue weighted by Gasteiger charge is 2.07. The van der Waals surface area contributed by atoms with Gasteiger partial charge in [-0.1, -0.05) is 19.1 Å². The minimum Gasteiger partial charge on any atom is -0.478 e. The van der Waals surface area contributed by atoms with Gasteiger partial charge in [0, 0.05) is 31.0 Å². The molecule has 0 amide bonds. The lowest BCUT2D eigenvalue weighted by atomic mass is 10.0. The number of hydrogen-bond donors (Lipinski definition) is 0. The second-order valence-electron chi connectivity index (χ2n) is 6.61. The van der Waals surface area contributed by atoms with E-state index >= 15 is 0 Å². The van der Waals surface area contributed by atoms with E-state index in [0.717, 1.165) is 43.7 Å². The van der Waals surface area contributed by atoms with Crippen molar-refractivity contribution >= 4 is 5.82 Å². The van der Waals surface area contributed by atoms with Gasteiger partial charge in [-0.15, -0.1) is 0 Å². The number of aromatic nitrogens is 2. The number of ether oxygens (including phenoxy) is 1. The molecule has 1 unspecified atom stereocenters. The molecule has 0 aliphatic heterocycles. The van der Waals surface area contributed by atoms with Gasteiger partial charge in [0.2, 0.25) is 5.88 Å². The van der Waals surface area contributed by atoms with E-state index in [9.17, 15) is 0 Å². The van der Waals surface area contributed by atoms with E-state index < -0.39 is 0 Å². The molecule has 2 heterocycles. The summed E-state index contributed by atoms with van der Waals surface area (Å²) in [5, 5.41) is 0. The quantitative estimate of drug-likeness (QED) is 0.629. The van der Waals surface area contributed by atoms with Gasteiger partial charge in [-0.3, -0.25) is 0 Å². The summed E-state index contributed by atoms with van der Waals surface area (Å²) >= 11 is 0. The Morgan fingerprint density at radius 2 is 1.88 bits per heavy atom. The van der Waals surface area contributed by atoms with E-state index in [-0.39, 0.29) is 0 Å². The summed E-state index contributed by atoms with van der Waals surface area (Å²) in [6.45, 7) is 11.3. The van der Waals surface area contributed by atoms with Crippen molar-refractivity contribution < 1.29 is 4.74 Å². The lowest BCUT2D eigenvalue weighted by Gasteiger charge is -2.20. The fourth-order valence-corrected chi connectivity index (χ4v) is 2.77. The molecule has 1 atom stereocenters. The van der Waals surface area contributed by atoms with Crippen LogP contribution in [0.15, 0.2) is 36.5 Å². The number of pyridine rings is 2. The summed E-state index contributed by atoms with van der Waals surface area (Å²) in [5.41, 5.74) is 2.33. The highest BCUT2D eigenvalue weighted by atomic mass is 16.5. The third kappa shape index (κ3) is 6.37. The minimum absolute atomic E-state index is 0.601. The van der Waals surface area contributed by atoms with Crippen molar-refractivity contribution in [3.63, 3.8) is 0 Å². The van der Waals surface area contributed by atoms with Crippen molar-refractivity contribution in [1.82, 2.24) is 9.97 Å². The van der Waals surface area contributed by atoms with E-state index in [4.69, 9.17) is 9.72 Å². The smallest absolute Gasteiger partial charge is 0.213 e. The van der Waals surface area contributed by atoms with Crippen LogP contribution in [0, 0.1) is 12.8 Å². The zero-order chi connectivity index (χ0) is 18.1. The molecule has 4 nitrogen and oxygen atoms in total. The summed E-state index contributed by atoms with van der Waals surface area (Å²) in [6.07, 6.45) is 5.01. The fourth-order valence-electron chi connectivity index (χ4n) is 2.77. The average Bonchev–Trinajstić information content (AvgIpc) is 2.63. The molecular weight excluding hydrogens is 310 g/mol. The van der Waals surface area contributed by atoms with Crippen molar-refractivity contribution in [3.05, 3.63) is 47.8 Å². The Kier molecular flexibility index (Phi) is 7.71. The lowest BCUT2D eigenvalue weighted by molar-refractivity contribution is 0.270. The molecule has 0 spiro atoms. The van der Waals surface area contributed by atoms with E-state index in [1.54, 1.807) is 0 Å². The highest BCUT2D eigenvalue weighted by molar-refractivity contribution is 5.38. The third-order valence-corrected chi connectivity index (χ3v) is 4.52. The summed E-state index contributed by atoms with van der Waals surface area (Å²) < 4.78 is 5.73.